The number of nitriles is 1. The third-order valence-electron chi connectivity index (χ3n) is 8.11. The van der Waals surface area contributed by atoms with Crippen molar-refractivity contribution in [1.29, 1.82) is 5.26 Å². The van der Waals surface area contributed by atoms with E-state index in [0.717, 1.165) is 59.0 Å². The maximum Gasteiger partial charge on any atom is 0.322 e. The first-order chi connectivity index (χ1) is 20.6. The van der Waals surface area contributed by atoms with Crippen LogP contribution < -0.4 is 10.6 Å². The molecular formula is C32H41N9O2. The summed E-state index contributed by atoms with van der Waals surface area (Å²) in [6.45, 7) is 10.1. The van der Waals surface area contributed by atoms with Crippen LogP contribution in [0.5, 0.6) is 0 Å². The summed E-state index contributed by atoms with van der Waals surface area (Å²) in [6.07, 6.45) is 6.56. The topological polar surface area (TPSA) is 133 Å². The highest BCUT2D eigenvalue weighted by atomic mass is 16.2. The largest absolute Gasteiger partial charge is 0.342 e. The van der Waals surface area contributed by atoms with Crippen LogP contribution in [0.4, 0.5) is 10.5 Å². The molecular weight excluding hydrogens is 542 g/mol. The van der Waals surface area contributed by atoms with Crippen molar-refractivity contribution in [2.24, 2.45) is 10.4 Å². The van der Waals surface area contributed by atoms with Gasteiger partial charge < -0.3 is 24.8 Å². The van der Waals surface area contributed by atoms with Gasteiger partial charge in [-0.2, -0.15) is 10.4 Å². The smallest absolute Gasteiger partial charge is 0.322 e. The van der Waals surface area contributed by atoms with Crippen LogP contribution in [0.1, 0.15) is 50.3 Å². The molecule has 1 fully saturated rings. The Bertz CT molecular complexity index is 1530. The van der Waals surface area contributed by atoms with Gasteiger partial charge in [-0.1, -0.05) is 45.0 Å². The Morgan fingerprint density at radius 1 is 1.26 bits per heavy atom. The Kier molecular flexibility index (Phi) is 8.97. The first kappa shape index (κ1) is 30.0. The number of nitrogens with zero attached hydrogens (tertiary/aromatic N) is 6. The summed E-state index contributed by atoms with van der Waals surface area (Å²) in [5.41, 5.74) is 5.21. The molecule has 5 rings (SSSR count). The van der Waals surface area contributed by atoms with E-state index < -0.39 is 6.04 Å². The van der Waals surface area contributed by atoms with E-state index in [1.807, 2.05) is 58.6 Å². The molecule has 2 aromatic carbocycles. The zero-order valence-corrected chi connectivity index (χ0v) is 25.4. The first-order valence-corrected chi connectivity index (χ1v) is 14.9. The van der Waals surface area contributed by atoms with Crippen LogP contribution in [0.2, 0.25) is 0 Å². The minimum atomic E-state index is -0.672. The van der Waals surface area contributed by atoms with Crippen molar-refractivity contribution in [1.82, 2.24) is 30.2 Å². The van der Waals surface area contributed by atoms with Crippen molar-refractivity contribution in [3.63, 3.8) is 0 Å². The quantitative estimate of drug-likeness (QED) is 0.120. The van der Waals surface area contributed by atoms with Crippen molar-refractivity contribution >= 4 is 34.9 Å². The SMILES string of the molecule is CN(Cc1c(CC(C=O)N=C(NC#N)N2CCC(N3Cc4ccccc4NC3=O)CC2)ccc2[nH]ncc12)CC(C)(C)C. The van der Waals surface area contributed by atoms with Gasteiger partial charge in [-0.05, 0) is 54.1 Å². The summed E-state index contributed by atoms with van der Waals surface area (Å²) < 4.78 is 0. The molecule has 11 nitrogen and oxygen atoms in total. The molecule has 2 amide bonds. The summed E-state index contributed by atoms with van der Waals surface area (Å²) in [6, 6.07) is 11.2. The highest BCUT2D eigenvalue weighted by molar-refractivity contribution is 5.92. The molecule has 2 aliphatic rings. The maximum atomic E-state index is 12.8. The zero-order chi connectivity index (χ0) is 30.6. The number of rotatable bonds is 8. The monoisotopic (exact) mass is 583 g/mol. The van der Waals surface area contributed by atoms with Crippen LogP contribution in [0.25, 0.3) is 10.9 Å². The van der Waals surface area contributed by atoms with Gasteiger partial charge in [0.1, 0.15) is 12.3 Å². The third kappa shape index (κ3) is 7.14. The van der Waals surface area contributed by atoms with E-state index in [0.29, 0.717) is 38.6 Å². The minimum Gasteiger partial charge on any atom is -0.342 e. The highest BCUT2D eigenvalue weighted by Crippen LogP contribution is 2.28. The molecule has 3 aromatic rings. The van der Waals surface area contributed by atoms with E-state index in [9.17, 15) is 14.9 Å². The lowest BCUT2D eigenvalue weighted by molar-refractivity contribution is -0.108. The minimum absolute atomic E-state index is 0.0733. The van der Waals surface area contributed by atoms with E-state index >= 15 is 0 Å². The predicted molar refractivity (Wildman–Crippen MR) is 167 cm³/mol. The molecule has 0 spiro atoms. The molecule has 0 bridgehead atoms. The number of H-pyrrole nitrogens is 1. The van der Waals surface area contributed by atoms with Gasteiger partial charge in [-0.3, -0.25) is 10.4 Å². The lowest BCUT2D eigenvalue weighted by Gasteiger charge is -2.41. The van der Waals surface area contributed by atoms with Crippen LogP contribution in [-0.4, -0.2) is 81.9 Å². The van der Waals surface area contributed by atoms with Crippen molar-refractivity contribution in [3.8, 4) is 6.19 Å². The van der Waals surface area contributed by atoms with Gasteiger partial charge in [0.25, 0.3) is 0 Å². The summed E-state index contributed by atoms with van der Waals surface area (Å²) >= 11 is 0. The summed E-state index contributed by atoms with van der Waals surface area (Å²) in [5, 5.41) is 23.6. The first-order valence-electron chi connectivity index (χ1n) is 14.9. The molecule has 43 heavy (non-hydrogen) atoms. The number of hydrogen-bond donors (Lipinski definition) is 3. The molecule has 1 aromatic heterocycles. The predicted octanol–water partition coefficient (Wildman–Crippen LogP) is 4.09. The summed E-state index contributed by atoms with van der Waals surface area (Å²) in [4.78, 5) is 36.1. The third-order valence-corrected chi connectivity index (χ3v) is 8.11. The Hall–Kier alpha value is -4.43. The second-order valence-corrected chi connectivity index (χ2v) is 12.8. The Labute approximate surface area is 252 Å². The number of aliphatic imine (C=N–C) groups is 1. The van der Waals surface area contributed by atoms with Crippen molar-refractivity contribution in [2.75, 3.05) is 32.0 Å². The van der Waals surface area contributed by atoms with Crippen LogP contribution in [0.15, 0.2) is 47.6 Å². The lowest BCUT2D eigenvalue weighted by Crippen LogP contribution is -2.52. The number of aldehydes is 1. The van der Waals surface area contributed by atoms with Crippen LogP contribution >= 0.6 is 0 Å². The number of likely N-dealkylation sites (tertiary alicyclic amines) is 1. The number of fused-ring (bicyclic) bond motifs is 2. The standard InChI is InChI=1S/C32H41N9O2/c1-32(2,3)20-39(4)18-27-22(9-10-29-26(27)16-35-38-29)15-24(19-42)36-30(34-21-33)40-13-11-25(12-14-40)41-17-23-7-5-6-8-28(23)37-31(41)43/h5-10,16,19,24-25H,11-15,17-18,20H2,1-4H3,(H,34,36)(H,35,38)(H,37,43). The van der Waals surface area contributed by atoms with Gasteiger partial charge in [-0.15, -0.1) is 0 Å². The number of benzene rings is 2. The number of piperidine rings is 1. The number of carbonyl (C=O) groups is 2. The molecule has 1 saturated heterocycles. The normalized spacial score (nSPS) is 17.0. The van der Waals surface area contributed by atoms with Gasteiger partial charge in [0.05, 0.1) is 11.7 Å². The number of nitrogens with one attached hydrogen (secondary N) is 3. The Morgan fingerprint density at radius 2 is 2.02 bits per heavy atom. The molecule has 0 saturated carbocycles. The highest BCUT2D eigenvalue weighted by Gasteiger charge is 2.32. The fourth-order valence-corrected chi connectivity index (χ4v) is 6.29. The number of carbonyl (C=O) groups excluding carboxylic acids is 2. The molecule has 3 heterocycles. The Morgan fingerprint density at radius 3 is 2.74 bits per heavy atom. The number of aromatic amines is 1. The molecule has 1 atom stereocenters. The van der Waals surface area contributed by atoms with Crippen LogP contribution in [0.3, 0.4) is 0 Å². The molecule has 2 aliphatic heterocycles. The number of hydrogen-bond acceptors (Lipinski definition) is 6. The fraction of sp³-hybridized carbons (Fsp3) is 0.469. The van der Waals surface area contributed by atoms with Crippen molar-refractivity contribution < 1.29 is 9.59 Å². The van der Waals surface area contributed by atoms with E-state index in [1.165, 1.54) is 0 Å². The molecule has 226 valence electrons. The van der Waals surface area contributed by atoms with Gasteiger partial charge in [-0.25, -0.2) is 9.79 Å². The van der Waals surface area contributed by atoms with Crippen LogP contribution in [-0.2, 0) is 24.3 Å². The van der Waals surface area contributed by atoms with E-state index in [4.69, 9.17) is 4.99 Å². The molecule has 11 heteroatoms. The van der Waals surface area contributed by atoms with E-state index in [-0.39, 0.29) is 17.5 Å². The van der Waals surface area contributed by atoms with Crippen molar-refractivity contribution in [3.05, 3.63) is 59.3 Å². The lowest BCUT2D eigenvalue weighted by atomic mass is 9.94. The average molecular weight is 584 g/mol. The molecule has 3 N–H and O–H groups in total. The number of aromatic nitrogens is 2. The van der Waals surface area contributed by atoms with Gasteiger partial charge in [0.2, 0.25) is 5.96 Å². The average Bonchev–Trinajstić information content (AvgIpc) is 3.46. The van der Waals surface area contributed by atoms with Crippen molar-refractivity contribution in [2.45, 2.75) is 65.2 Å². The number of para-hydroxylation sites is 1. The summed E-state index contributed by atoms with van der Waals surface area (Å²) in [5.74, 6) is 0.391. The Balaban J connectivity index is 1.30. The number of urea groups is 1. The van der Waals surface area contributed by atoms with Gasteiger partial charge in [0.15, 0.2) is 6.19 Å². The van der Waals surface area contributed by atoms with Gasteiger partial charge >= 0.3 is 6.03 Å². The van der Waals surface area contributed by atoms with Gasteiger partial charge in [0, 0.05) is 56.3 Å². The zero-order valence-electron chi connectivity index (χ0n) is 25.4. The molecule has 1 unspecified atom stereocenters. The fourth-order valence-electron chi connectivity index (χ4n) is 6.29. The summed E-state index contributed by atoms with van der Waals surface area (Å²) in [7, 11) is 2.11. The van der Waals surface area contributed by atoms with Crippen LogP contribution in [0, 0.1) is 16.9 Å². The second kappa shape index (κ2) is 12.8. The molecule has 0 aliphatic carbocycles. The number of amides is 2. The number of guanidine groups is 1. The second-order valence-electron chi connectivity index (χ2n) is 12.8. The maximum absolute atomic E-state index is 12.8. The number of anilines is 1. The van der Waals surface area contributed by atoms with E-state index in [2.05, 4.69) is 53.5 Å². The van der Waals surface area contributed by atoms with E-state index in [1.54, 1.807) is 0 Å². The molecule has 0 radical (unpaired) electrons.